The summed E-state index contributed by atoms with van der Waals surface area (Å²) in [6.45, 7) is 0.302. The first-order chi connectivity index (χ1) is 16.5. The molecule has 172 valence electrons. The Labute approximate surface area is 201 Å². The quantitative estimate of drug-likeness (QED) is 0.384. The van der Waals surface area contributed by atoms with Crippen molar-refractivity contribution in [2.75, 3.05) is 19.0 Å². The molecular weight excluding hydrogens is 470 g/mol. The number of hydrogen-bond acceptors (Lipinski definition) is 6. The maximum Gasteiger partial charge on any atom is 0.244 e. The first-order valence-corrected chi connectivity index (χ1v) is 13.2. The number of fused-ring (bicyclic) bond motifs is 3. The lowest BCUT2D eigenvalue weighted by atomic mass is 10.0. The number of aromatic nitrogens is 1. The van der Waals surface area contributed by atoms with Gasteiger partial charge in [-0.25, -0.2) is 13.4 Å². The lowest BCUT2D eigenvalue weighted by Crippen LogP contribution is -2.43. The van der Waals surface area contributed by atoms with E-state index in [4.69, 9.17) is 9.72 Å². The Hall–Kier alpha value is -3.27. The van der Waals surface area contributed by atoms with Gasteiger partial charge in [0.25, 0.3) is 0 Å². The summed E-state index contributed by atoms with van der Waals surface area (Å²) < 4.78 is 32.9. The number of nitrogens with zero attached hydrogens (tertiary/aromatic N) is 2. The van der Waals surface area contributed by atoms with Crippen molar-refractivity contribution in [2.24, 2.45) is 0 Å². The number of sulfonamides is 1. The average Bonchev–Trinajstić information content (AvgIpc) is 3.57. The molecule has 1 amide bonds. The van der Waals surface area contributed by atoms with Crippen molar-refractivity contribution >= 4 is 43.2 Å². The first-order valence-electron chi connectivity index (χ1n) is 11.0. The van der Waals surface area contributed by atoms with E-state index in [1.54, 1.807) is 12.1 Å². The first kappa shape index (κ1) is 21.3. The maximum absolute atomic E-state index is 13.3. The van der Waals surface area contributed by atoms with Crippen LogP contribution in [0.2, 0.25) is 0 Å². The van der Waals surface area contributed by atoms with Gasteiger partial charge in [0, 0.05) is 17.7 Å². The van der Waals surface area contributed by atoms with E-state index in [0.29, 0.717) is 30.3 Å². The number of carbonyl (C=O) groups is 1. The average molecular weight is 492 g/mol. The van der Waals surface area contributed by atoms with Crippen LogP contribution in [-0.2, 0) is 14.8 Å². The van der Waals surface area contributed by atoms with Gasteiger partial charge in [-0.15, -0.1) is 0 Å². The van der Waals surface area contributed by atoms with Crippen molar-refractivity contribution in [2.45, 2.75) is 23.8 Å². The van der Waals surface area contributed by atoms with Crippen molar-refractivity contribution in [1.29, 1.82) is 0 Å². The second kappa shape index (κ2) is 7.90. The van der Waals surface area contributed by atoms with Crippen molar-refractivity contribution in [3.63, 3.8) is 0 Å². The summed E-state index contributed by atoms with van der Waals surface area (Å²) in [5.41, 5.74) is 3.04. The van der Waals surface area contributed by atoms with Gasteiger partial charge in [-0.3, -0.25) is 4.79 Å². The van der Waals surface area contributed by atoms with Crippen LogP contribution in [0.25, 0.3) is 32.5 Å². The van der Waals surface area contributed by atoms with E-state index in [0.717, 1.165) is 27.1 Å². The molecule has 1 unspecified atom stereocenters. The summed E-state index contributed by atoms with van der Waals surface area (Å²) >= 11 is 1.42. The Bertz CT molecular complexity index is 1490. The molecule has 1 aliphatic carbocycles. The van der Waals surface area contributed by atoms with Gasteiger partial charge < -0.3 is 10.1 Å². The van der Waals surface area contributed by atoms with Gasteiger partial charge in [0.05, 0.1) is 22.6 Å². The van der Waals surface area contributed by atoms with Crippen molar-refractivity contribution in [3.05, 3.63) is 60.7 Å². The number of thiazole rings is 1. The lowest BCUT2D eigenvalue weighted by molar-refractivity contribution is -0.119. The minimum absolute atomic E-state index is 0.144. The molecule has 1 N–H and O–H groups in total. The lowest BCUT2D eigenvalue weighted by Gasteiger charge is -2.23. The minimum atomic E-state index is -3.81. The molecule has 0 saturated carbocycles. The van der Waals surface area contributed by atoms with E-state index < -0.39 is 16.1 Å². The molecule has 34 heavy (non-hydrogen) atoms. The summed E-state index contributed by atoms with van der Waals surface area (Å²) in [5.74, 6) is 0.220. The number of hydrogen-bond donors (Lipinski definition) is 1. The summed E-state index contributed by atoms with van der Waals surface area (Å²) in [4.78, 5) is 19.1. The van der Waals surface area contributed by atoms with E-state index in [1.165, 1.54) is 40.3 Å². The molecule has 0 bridgehead atoms. The highest BCUT2D eigenvalue weighted by Gasteiger charge is 2.40. The van der Waals surface area contributed by atoms with E-state index in [-0.39, 0.29) is 10.8 Å². The standard InChI is InChI=1S/C25H21N3O4S2/c1-32-16-10-12-17(13-11-16)34(30,31)28-14-4-9-20(28)24(29)27-25-26-22-18-7-2-5-15-6-3-8-19(21(15)18)23(22)33-25/h2-3,5-8,10-13,20H,4,9,14H2,1H3,(H,26,27,29). The molecule has 0 spiro atoms. The smallest absolute Gasteiger partial charge is 0.244 e. The Morgan fingerprint density at radius 3 is 2.56 bits per heavy atom. The molecule has 9 heteroatoms. The van der Waals surface area contributed by atoms with E-state index in [9.17, 15) is 13.2 Å². The minimum Gasteiger partial charge on any atom is -0.497 e. The maximum atomic E-state index is 13.3. The van der Waals surface area contributed by atoms with Gasteiger partial charge in [-0.1, -0.05) is 47.7 Å². The third-order valence-electron chi connectivity index (χ3n) is 6.43. The summed E-state index contributed by atoms with van der Waals surface area (Å²) in [5, 5.41) is 5.72. The molecule has 6 rings (SSSR count). The monoisotopic (exact) mass is 491 g/mol. The fourth-order valence-corrected chi connectivity index (χ4v) is 7.50. The molecule has 4 aromatic rings. The van der Waals surface area contributed by atoms with Crippen molar-refractivity contribution in [3.8, 4) is 27.4 Å². The second-order valence-corrected chi connectivity index (χ2v) is 11.2. The number of benzene rings is 3. The Morgan fingerprint density at radius 1 is 1.09 bits per heavy atom. The van der Waals surface area contributed by atoms with Crippen LogP contribution in [0.3, 0.4) is 0 Å². The largest absolute Gasteiger partial charge is 0.497 e. The van der Waals surface area contributed by atoms with Crippen LogP contribution < -0.4 is 10.1 Å². The number of rotatable bonds is 5. The number of nitrogens with one attached hydrogen (secondary N) is 1. The molecule has 1 saturated heterocycles. The topological polar surface area (TPSA) is 88.6 Å². The summed E-state index contributed by atoms with van der Waals surface area (Å²) in [6.07, 6.45) is 1.09. The van der Waals surface area contributed by atoms with Crippen LogP contribution in [0.1, 0.15) is 12.8 Å². The van der Waals surface area contributed by atoms with Crippen LogP contribution in [0, 0.1) is 0 Å². The highest BCUT2D eigenvalue weighted by atomic mass is 32.2. The number of anilines is 1. The van der Waals surface area contributed by atoms with E-state index in [2.05, 4.69) is 23.5 Å². The Kier molecular flexibility index (Phi) is 4.94. The number of methoxy groups -OCH3 is 1. The molecule has 1 aromatic heterocycles. The highest BCUT2D eigenvalue weighted by Crippen LogP contribution is 2.50. The van der Waals surface area contributed by atoms with Crippen LogP contribution in [-0.4, -0.2) is 43.3 Å². The Balaban J connectivity index is 1.26. The van der Waals surface area contributed by atoms with E-state index in [1.807, 2.05) is 18.2 Å². The highest BCUT2D eigenvalue weighted by molar-refractivity contribution is 7.89. The predicted molar refractivity (Wildman–Crippen MR) is 133 cm³/mol. The molecule has 1 atom stereocenters. The third-order valence-corrected chi connectivity index (χ3v) is 9.36. The zero-order valence-electron chi connectivity index (χ0n) is 18.3. The fourth-order valence-electron chi connectivity index (χ4n) is 4.83. The van der Waals surface area contributed by atoms with Gasteiger partial charge in [0.2, 0.25) is 15.9 Å². The van der Waals surface area contributed by atoms with Crippen LogP contribution in [0.15, 0.2) is 65.6 Å². The van der Waals surface area contributed by atoms with Crippen LogP contribution in [0.4, 0.5) is 5.13 Å². The number of amides is 1. The SMILES string of the molecule is COc1ccc(S(=O)(=O)N2CCCC2C(=O)Nc2nc3c(s2)-c2cccc4cccc-3c24)cc1. The number of ether oxygens (including phenoxy) is 1. The molecule has 2 heterocycles. The summed E-state index contributed by atoms with van der Waals surface area (Å²) in [7, 11) is -2.29. The van der Waals surface area contributed by atoms with Crippen LogP contribution >= 0.6 is 11.3 Å². The molecule has 1 aliphatic heterocycles. The summed E-state index contributed by atoms with van der Waals surface area (Å²) in [6, 6.07) is 17.8. The number of carbonyl (C=O) groups excluding carboxylic acids is 1. The van der Waals surface area contributed by atoms with Crippen molar-refractivity contribution in [1.82, 2.24) is 9.29 Å². The zero-order chi connectivity index (χ0) is 23.4. The zero-order valence-corrected chi connectivity index (χ0v) is 19.9. The van der Waals surface area contributed by atoms with Gasteiger partial charge in [-0.2, -0.15) is 4.31 Å². The van der Waals surface area contributed by atoms with Gasteiger partial charge >= 0.3 is 0 Å². The molecule has 1 fully saturated rings. The van der Waals surface area contributed by atoms with Gasteiger partial charge in [-0.05, 0) is 47.9 Å². The second-order valence-electron chi connectivity index (χ2n) is 8.34. The molecule has 3 aromatic carbocycles. The third kappa shape index (κ3) is 3.23. The molecule has 7 nitrogen and oxygen atoms in total. The molecular formula is C25H21N3O4S2. The molecule has 2 aliphatic rings. The van der Waals surface area contributed by atoms with Crippen molar-refractivity contribution < 1.29 is 17.9 Å². The van der Waals surface area contributed by atoms with Gasteiger partial charge in [0.15, 0.2) is 5.13 Å². The Morgan fingerprint density at radius 2 is 1.82 bits per heavy atom. The molecule has 0 radical (unpaired) electrons. The van der Waals surface area contributed by atoms with Crippen LogP contribution in [0.5, 0.6) is 5.75 Å². The van der Waals surface area contributed by atoms with Gasteiger partial charge in [0.1, 0.15) is 11.8 Å². The fraction of sp³-hybridized carbons (Fsp3) is 0.200. The van der Waals surface area contributed by atoms with E-state index >= 15 is 0 Å². The predicted octanol–water partition coefficient (Wildman–Crippen LogP) is 4.74. The normalized spacial score (nSPS) is 17.1.